The molecule has 0 aliphatic carbocycles. The Labute approximate surface area is 220 Å². The summed E-state index contributed by atoms with van der Waals surface area (Å²) in [6.07, 6.45) is 9.18. The maximum absolute atomic E-state index is 13.6. The van der Waals surface area contributed by atoms with Crippen LogP contribution in [0.4, 0.5) is 17.1 Å². The molecule has 3 rings (SSSR count). The second-order valence-corrected chi connectivity index (χ2v) is 10.4. The summed E-state index contributed by atoms with van der Waals surface area (Å²) in [6.45, 7) is 8.68. The summed E-state index contributed by atoms with van der Waals surface area (Å²) < 4.78 is 5.49. The predicted molar refractivity (Wildman–Crippen MR) is 149 cm³/mol. The van der Waals surface area contributed by atoms with E-state index in [1.807, 2.05) is 13.0 Å². The van der Waals surface area contributed by atoms with Crippen LogP contribution in [0, 0.1) is 0 Å². The summed E-state index contributed by atoms with van der Waals surface area (Å²) in [5, 5.41) is 31.4. The van der Waals surface area contributed by atoms with Gasteiger partial charge >= 0.3 is 0 Å². The highest BCUT2D eigenvalue weighted by molar-refractivity contribution is 6.15. The number of aromatic hydroxyl groups is 3. The minimum atomic E-state index is -0.319. The molecule has 2 aromatic carbocycles. The van der Waals surface area contributed by atoms with Crippen LogP contribution < -0.4 is 9.80 Å². The van der Waals surface area contributed by atoms with Crippen LogP contribution in [0.5, 0.6) is 17.2 Å². The molecular weight excluding hydrogens is 468 g/mol. The number of carbonyl (C=O) groups excluding carboxylic acids is 1. The number of benzene rings is 2. The third-order valence-electron chi connectivity index (χ3n) is 7.06. The molecule has 37 heavy (non-hydrogen) atoms. The van der Waals surface area contributed by atoms with E-state index in [4.69, 9.17) is 4.74 Å². The first kappa shape index (κ1) is 28.1. The van der Waals surface area contributed by atoms with Gasteiger partial charge in [0.25, 0.3) is 5.91 Å². The van der Waals surface area contributed by atoms with E-state index in [9.17, 15) is 20.1 Å². The molecule has 0 fully saturated rings. The molecule has 7 nitrogen and oxygen atoms in total. The zero-order valence-electron chi connectivity index (χ0n) is 22.8. The molecule has 0 unspecified atom stereocenters. The number of rotatable bonds is 10. The standard InChI is InChI=1S/C30H40N2O5/c1-20(12-9-16-30(3,4)37-6)10-7-11-21(2)15-17-32-24-18-22(33)19-26(35)28(24)31(5)27-23(29(32)36)13-8-14-25(27)34/h8,10,13-15,18-19,33-35H,7,9,11-12,16-17H2,1-6H3. The zero-order chi connectivity index (χ0) is 27.3. The van der Waals surface area contributed by atoms with Gasteiger partial charge < -0.3 is 29.9 Å². The summed E-state index contributed by atoms with van der Waals surface area (Å²) in [6, 6.07) is 7.48. The molecule has 1 heterocycles. The average molecular weight is 509 g/mol. The lowest BCUT2D eigenvalue weighted by Gasteiger charge is -2.25. The van der Waals surface area contributed by atoms with Crippen LogP contribution in [-0.4, -0.2) is 47.5 Å². The first-order valence-corrected chi connectivity index (χ1v) is 12.7. The van der Waals surface area contributed by atoms with Crippen LogP contribution in [0.15, 0.2) is 53.6 Å². The minimum absolute atomic E-state index is 0.0618. The number of carbonyl (C=O) groups is 1. The molecule has 0 aromatic heterocycles. The molecule has 1 aliphatic heterocycles. The second kappa shape index (κ2) is 11.7. The van der Waals surface area contributed by atoms with Crippen LogP contribution in [0.25, 0.3) is 0 Å². The van der Waals surface area contributed by atoms with Crippen molar-refractivity contribution in [1.82, 2.24) is 0 Å². The fourth-order valence-electron chi connectivity index (χ4n) is 4.64. The topological polar surface area (TPSA) is 93.5 Å². The van der Waals surface area contributed by atoms with E-state index in [-0.39, 0.29) is 35.3 Å². The van der Waals surface area contributed by atoms with Gasteiger partial charge in [-0.3, -0.25) is 4.79 Å². The molecule has 0 atom stereocenters. The molecule has 1 amide bonds. The van der Waals surface area contributed by atoms with Gasteiger partial charge in [0.1, 0.15) is 22.9 Å². The van der Waals surface area contributed by atoms with E-state index in [1.54, 1.807) is 31.2 Å². The summed E-state index contributed by atoms with van der Waals surface area (Å²) in [5.74, 6) is -0.706. The number of fused-ring (bicyclic) bond motifs is 2. The number of para-hydroxylation sites is 1. The van der Waals surface area contributed by atoms with Crippen molar-refractivity contribution in [3.63, 3.8) is 0 Å². The molecule has 0 spiro atoms. The van der Waals surface area contributed by atoms with Crippen LogP contribution in [-0.2, 0) is 4.74 Å². The lowest BCUT2D eigenvalue weighted by atomic mass is 9.98. The smallest absolute Gasteiger partial charge is 0.260 e. The van der Waals surface area contributed by atoms with Crippen molar-refractivity contribution >= 4 is 23.0 Å². The summed E-state index contributed by atoms with van der Waals surface area (Å²) in [4.78, 5) is 16.7. The van der Waals surface area contributed by atoms with Gasteiger partial charge in [0.15, 0.2) is 0 Å². The highest BCUT2D eigenvalue weighted by Gasteiger charge is 2.33. The van der Waals surface area contributed by atoms with Crippen molar-refractivity contribution in [2.24, 2.45) is 0 Å². The van der Waals surface area contributed by atoms with E-state index in [2.05, 4.69) is 26.8 Å². The number of amides is 1. The largest absolute Gasteiger partial charge is 0.508 e. The quantitative estimate of drug-likeness (QED) is 0.306. The van der Waals surface area contributed by atoms with Gasteiger partial charge in [0.05, 0.1) is 22.5 Å². The number of hydrogen-bond acceptors (Lipinski definition) is 6. The Balaban J connectivity index is 1.77. The normalized spacial score (nSPS) is 14.5. The van der Waals surface area contributed by atoms with E-state index in [0.717, 1.165) is 37.7 Å². The Morgan fingerprint density at radius 3 is 2.41 bits per heavy atom. The van der Waals surface area contributed by atoms with Crippen molar-refractivity contribution in [3.8, 4) is 17.2 Å². The lowest BCUT2D eigenvalue weighted by Crippen LogP contribution is -2.30. The maximum atomic E-state index is 13.6. The van der Waals surface area contributed by atoms with Gasteiger partial charge in [-0.15, -0.1) is 0 Å². The fourth-order valence-corrected chi connectivity index (χ4v) is 4.64. The predicted octanol–water partition coefficient (Wildman–Crippen LogP) is 6.80. The Morgan fingerprint density at radius 1 is 1.00 bits per heavy atom. The summed E-state index contributed by atoms with van der Waals surface area (Å²) in [7, 11) is 3.43. The first-order chi connectivity index (χ1) is 17.4. The molecule has 0 saturated carbocycles. The van der Waals surface area contributed by atoms with Gasteiger partial charge in [0, 0.05) is 32.8 Å². The van der Waals surface area contributed by atoms with Crippen LogP contribution in [0.3, 0.4) is 0 Å². The van der Waals surface area contributed by atoms with Gasteiger partial charge in [-0.1, -0.05) is 29.4 Å². The molecular formula is C30H40N2O5. The molecule has 0 radical (unpaired) electrons. The maximum Gasteiger partial charge on any atom is 0.260 e. The Morgan fingerprint density at radius 2 is 1.70 bits per heavy atom. The number of hydrogen-bond donors (Lipinski definition) is 3. The number of phenolic OH excluding ortho intramolecular Hbond substituents is 3. The molecule has 2 aromatic rings. The molecule has 1 aliphatic rings. The third-order valence-corrected chi connectivity index (χ3v) is 7.06. The molecule has 0 bridgehead atoms. The highest BCUT2D eigenvalue weighted by atomic mass is 16.5. The van der Waals surface area contributed by atoms with Gasteiger partial charge in [-0.2, -0.15) is 0 Å². The number of nitrogens with zero attached hydrogens (tertiary/aromatic N) is 2. The third kappa shape index (κ3) is 6.66. The van der Waals surface area contributed by atoms with E-state index >= 15 is 0 Å². The average Bonchev–Trinajstić information content (AvgIpc) is 2.91. The summed E-state index contributed by atoms with van der Waals surface area (Å²) >= 11 is 0. The zero-order valence-corrected chi connectivity index (χ0v) is 22.8. The van der Waals surface area contributed by atoms with E-state index in [0.29, 0.717) is 22.6 Å². The number of allylic oxidation sites excluding steroid dienone is 3. The molecule has 7 heteroatoms. The number of methoxy groups -OCH3 is 1. The van der Waals surface area contributed by atoms with Crippen LogP contribution in [0.1, 0.15) is 70.2 Å². The van der Waals surface area contributed by atoms with Gasteiger partial charge in [-0.25, -0.2) is 0 Å². The van der Waals surface area contributed by atoms with Crippen LogP contribution >= 0.6 is 0 Å². The van der Waals surface area contributed by atoms with Crippen molar-refractivity contribution in [1.29, 1.82) is 0 Å². The van der Waals surface area contributed by atoms with Crippen molar-refractivity contribution in [2.75, 3.05) is 30.5 Å². The fraction of sp³-hybridized carbons (Fsp3) is 0.433. The highest BCUT2D eigenvalue weighted by Crippen LogP contribution is 2.49. The van der Waals surface area contributed by atoms with Crippen molar-refractivity contribution < 1.29 is 24.9 Å². The van der Waals surface area contributed by atoms with Gasteiger partial charge in [-0.05, 0) is 71.9 Å². The first-order valence-electron chi connectivity index (χ1n) is 12.7. The van der Waals surface area contributed by atoms with E-state index in [1.165, 1.54) is 28.7 Å². The lowest BCUT2D eigenvalue weighted by molar-refractivity contribution is 0.0140. The number of anilines is 3. The van der Waals surface area contributed by atoms with Crippen molar-refractivity contribution in [2.45, 2.75) is 65.4 Å². The van der Waals surface area contributed by atoms with Gasteiger partial charge in [0.2, 0.25) is 0 Å². The Hall–Kier alpha value is -3.45. The Kier molecular flexibility index (Phi) is 8.92. The SMILES string of the molecule is COC(C)(C)CCCC(C)=CCCC(C)=CCN1C(=O)c2cccc(O)c2N(C)c2c(O)cc(O)cc21. The summed E-state index contributed by atoms with van der Waals surface area (Å²) in [5.41, 5.74) is 3.75. The molecule has 0 saturated heterocycles. The van der Waals surface area contributed by atoms with Crippen molar-refractivity contribution in [3.05, 3.63) is 59.2 Å². The molecule has 200 valence electrons. The monoisotopic (exact) mass is 508 g/mol. The van der Waals surface area contributed by atoms with Crippen LogP contribution in [0.2, 0.25) is 0 Å². The second-order valence-electron chi connectivity index (χ2n) is 10.4. The van der Waals surface area contributed by atoms with E-state index < -0.39 is 0 Å². The molecule has 3 N–H and O–H groups in total. The minimum Gasteiger partial charge on any atom is -0.508 e. The number of ether oxygens (including phenoxy) is 1. The number of phenols is 3. The Bertz CT molecular complexity index is 1200.